The van der Waals surface area contributed by atoms with Gasteiger partial charge in [-0.2, -0.15) is 0 Å². The molecule has 4 aromatic carbocycles. The molecule has 0 saturated heterocycles. The lowest BCUT2D eigenvalue weighted by molar-refractivity contribution is -0.131. The Kier molecular flexibility index (Phi) is 11.3. The van der Waals surface area contributed by atoms with Gasteiger partial charge in [0, 0.05) is 68.0 Å². The highest BCUT2D eigenvalue weighted by atomic mass is 16.5. The molecule has 10 heteroatoms. The molecular formula is C40H45N3O7. The summed E-state index contributed by atoms with van der Waals surface area (Å²) in [5.41, 5.74) is 6.32. The minimum Gasteiger partial charge on any atom is -0.507 e. The van der Waals surface area contributed by atoms with Crippen molar-refractivity contribution in [3.8, 4) is 23.0 Å². The average molecular weight is 680 g/mol. The number of nitrogens with zero attached hydrogens (tertiary/aromatic N) is 3. The van der Waals surface area contributed by atoms with Gasteiger partial charge in [0.2, 0.25) is 0 Å². The molecule has 4 aromatic rings. The number of likely N-dealkylation sites (N-methyl/N-ethyl adjacent to an activating group) is 3. The maximum absolute atomic E-state index is 12.8. The first-order chi connectivity index (χ1) is 23.9. The summed E-state index contributed by atoms with van der Waals surface area (Å²) in [4.78, 5) is 42.5. The number of ether oxygens (including phenoxy) is 3. The topological polar surface area (TPSA) is 109 Å². The van der Waals surface area contributed by atoms with Crippen molar-refractivity contribution >= 4 is 17.7 Å². The van der Waals surface area contributed by atoms with Gasteiger partial charge in [0.25, 0.3) is 17.7 Å². The van der Waals surface area contributed by atoms with Crippen LogP contribution in [0.4, 0.5) is 0 Å². The van der Waals surface area contributed by atoms with Crippen LogP contribution in [0.5, 0.6) is 23.0 Å². The molecule has 0 heterocycles. The second-order valence-corrected chi connectivity index (χ2v) is 13.1. The number of carbonyl (C=O) groups is 3. The highest BCUT2D eigenvalue weighted by Gasteiger charge is 2.22. The highest BCUT2D eigenvalue weighted by molar-refractivity contribution is 5.78. The van der Waals surface area contributed by atoms with Gasteiger partial charge in [-0.05, 0) is 44.5 Å². The van der Waals surface area contributed by atoms with Crippen molar-refractivity contribution in [3.05, 3.63) is 117 Å². The maximum Gasteiger partial charge on any atom is 0.259 e. The van der Waals surface area contributed by atoms with E-state index in [1.165, 1.54) is 14.7 Å². The molecule has 0 aliphatic heterocycles. The van der Waals surface area contributed by atoms with Gasteiger partial charge in [0.15, 0.2) is 19.8 Å². The lowest BCUT2D eigenvalue weighted by atomic mass is 9.91. The van der Waals surface area contributed by atoms with Crippen LogP contribution in [-0.2, 0) is 40.1 Å². The molecule has 1 N–H and O–H groups in total. The van der Waals surface area contributed by atoms with Crippen molar-refractivity contribution in [1.29, 1.82) is 0 Å². The van der Waals surface area contributed by atoms with E-state index in [0.29, 0.717) is 54.1 Å². The van der Waals surface area contributed by atoms with E-state index in [4.69, 9.17) is 14.2 Å². The molecule has 0 saturated carbocycles. The van der Waals surface area contributed by atoms with E-state index in [1.807, 2.05) is 72.8 Å². The first-order valence-electron chi connectivity index (χ1n) is 16.5. The fourth-order valence-corrected chi connectivity index (χ4v) is 5.85. The summed E-state index contributed by atoms with van der Waals surface area (Å²) < 4.78 is 18.9. The summed E-state index contributed by atoms with van der Waals surface area (Å²) in [6.07, 6.45) is 1.46. The number of aromatic hydroxyl groups is 1. The van der Waals surface area contributed by atoms with E-state index < -0.39 is 0 Å². The van der Waals surface area contributed by atoms with Crippen LogP contribution < -0.4 is 14.2 Å². The number of benzene rings is 4. The van der Waals surface area contributed by atoms with Gasteiger partial charge >= 0.3 is 0 Å². The molecule has 0 atom stereocenters. The summed E-state index contributed by atoms with van der Waals surface area (Å²) in [6.45, 7) is -0.471. The van der Waals surface area contributed by atoms with Crippen molar-refractivity contribution in [2.24, 2.45) is 0 Å². The Hall–Kier alpha value is -5.51. The van der Waals surface area contributed by atoms with Gasteiger partial charge in [0.1, 0.15) is 23.0 Å². The van der Waals surface area contributed by atoms with Crippen molar-refractivity contribution in [1.82, 2.24) is 14.7 Å². The number of fused-ring (bicyclic) bond motifs is 8. The minimum atomic E-state index is -0.185. The van der Waals surface area contributed by atoms with Crippen LogP contribution in [0.2, 0.25) is 0 Å². The van der Waals surface area contributed by atoms with Gasteiger partial charge in [-0.25, -0.2) is 0 Å². The molecular weight excluding hydrogens is 634 g/mol. The SMILES string of the molecule is CN(C)C(=O)COc1c2cccc1Cc1cccc(c1OCC(=O)N(C)C)Cc1cccc(c1OCC(=O)N(C)C)Cc1cccc(c1O)C2. The molecule has 262 valence electrons. The van der Waals surface area contributed by atoms with E-state index in [2.05, 4.69) is 0 Å². The van der Waals surface area contributed by atoms with Crippen molar-refractivity contribution < 1.29 is 33.7 Å². The molecule has 0 aromatic heterocycles. The summed E-state index contributed by atoms with van der Waals surface area (Å²) in [5.74, 6) is 1.30. The molecule has 1 aliphatic rings. The van der Waals surface area contributed by atoms with Crippen LogP contribution in [0.1, 0.15) is 44.5 Å². The van der Waals surface area contributed by atoms with E-state index in [0.717, 1.165) is 33.4 Å². The molecule has 3 amide bonds. The molecule has 1 aliphatic carbocycles. The minimum absolute atomic E-state index is 0.155. The summed E-state index contributed by atoms with van der Waals surface area (Å²) in [6, 6.07) is 23.2. The third kappa shape index (κ3) is 8.37. The van der Waals surface area contributed by atoms with Gasteiger partial charge < -0.3 is 34.0 Å². The Balaban J connectivity index is 1.70. The molecule has 0 fully saturated rings. The fourth-order valence-electron chi connectivity index (χ4n) is 5.85. The average Bonchev–Trinajstić information content (AvgIpc) is 3.08. The molecule has 0 unspecified atom stereocenters. The third-order valence-electron chi connectivity index (χ3n) is 8.78. The van der Waals surface area contributed by atoms with E-state index in [1.54, 1.807) is 42.3 Å². The number of amides is 3. The van der Waals surface area contributed by atoms with Gasteiger partial charge in [0.05, 0.1) is 0 Å². The van der Waals surface area contributed by atoms with Crippen LogP contribution in [-0.4, -0.2) is 99.6 Å². The van der Waals surface area contributed by atoms with E-state index >= 15 is 0 Å². The molecule has 5 rings (SSSR count). The molecule has 10 nitrogen and oxygen atoms in total. The second kappa shape index (κ2) is 15.8. The van der Waals surface area contributed by atoms with Crippen LogP contribution >= 0.6 is 0 Å². The number of para-hydroxylation sites is 4. The molecule has 0 radical (unpaired) electrons. The summed E-state index contributed by atoms with van der Waals surface area (Å²) in [7, 11) is 10.1. The number of carbonyl (C=O) groups excluding carboxylic acids is 3. The Bertz CT molecular complexity index is 1770. The second-order valence-electron chi connectivity index (χ2n) is 13.1. The predicted molar refractivity (Wildman–Crippen MR) is 191 cm³/mol. The smallest absolute Gasteiger partial charge is 0.259 e. The van der Waals surface area contributed by atoms with Gasteiger partial charge in [-0.15, -0.1) is 0 Å². The van der Waals surface area contributed by atoms with E-state index in [9.17, 15) is 19.5 Å². The lowest BCUT2D eigenvalue weighted by Crippen LogP contribution is -2.28. The highest BCUT2D eigenvalue weighted by Crippen LogP contribution is 2.38. The molecule has 50 heavy (non-hydrogen) atoms. The van der Waals surface area contributed by atoms with Crippen LogP contribution in [0.3, 0.4) is 0 Å². The quantitative estimate of drug-likeness (QED) is 0.245. The number of hydrogen-bond acceptors (Lipinski definition) is 7. The maximum atomic E-state index is 12.8. The van der Waals surface area contributed by atoms with Crippen molar-refractivity contribution in [3.63, 3.8) is 0 Å². The Morgan fingerprint density at radius 3 is 0.920 bits per heavy atom. The zero-order chi connectivity index (χ0) is 35.9. The van der Waals surface area contributed by atoms with Gasteiger partial charge in [-0.1, -0.05) is 72.8 Å². The Morgan fingerprint density at radius 1 is 0.460 bits per heavy atom. The normalized spacial score (nSPS) is 12.0. The van der Waals surface area contributed by atoms with Crippen molar-refractivity contribution in [2.45, 2.75) is 25.7 Å². The van der Waals surface area contributed by atoms with Crippen LogP contribution in [0.15, 0.2) is 72.8 Å². The first kappa shape index (κ1) is 35.8. The fraction of sp³-hybridized carbons (Fsp3) is 0.325. The first-order valence-corrected chi connectivity index (χ1v) is 16.5. The molecule has 0 spiro atoms. The number of rotatable bonds is 9. The van der Waals surface area contributed by atoms with Crippen LogP contribution in [0.25, 0.3) is 0 Å². The number of phenols is 1. The zero-order valence-electron chi connectivity index (χ0n) is 29.6. The monoisotopic (exact) mass is 679 g/mol. The van der Waals surface area contributed by atoms with Crippen LogP contribution in [0, 0.1) is 0 Å². The standard InChI is InChI=1S/C40H45N3O7/c1-41(2)34(44)23-48-38-28-13-8-15-30(38)21-32-17-10-18-33(40(32)50-25-36(46)43(5)6)22-31-16-9-14-29(39(31)49-24-35(45)42(3)4)20-27-12-7-11-26(19-28)37(27)47/h7-18,47H,19-25H2,1-6H3. The Morgan fingerprint density at radius 2 is 0.680 bits per heavy atom. The van der Waals surface area contributed by atoms with Gasteiger partial charge in [-0.3, -0.25) is 14.4 Å². The largest absolute Gasteiger partial charge is 0.507 e. The summed E-state index contributed by atoms with van der Waals surface area (Å²) >= 11 is 0. The van der Waals surface area contributed by atoms with Crippen molar-refractivity contribution in [2.75, 3.05) is 62.1 Å². The zero-order valence-corrected chi connectivity index (χ0v) is 29.6. The van der Waals surface area contributed by atoms with E-state index in [-0.39, 0.29) is 43.3 Å². The Labute approximate surface area is 293 Å². The predicted octanol–water partition coefficient (Wildman–Crippen LogP) is 4.47. The lowest BCUT2D eigenvalue weighted by Gasteiger charge is -2.22. The number of hydrogen-bond donors (Lipinski definition) is 1. The number of phenolic OH excluding ortho intramolecular Hbond substituents is 1. The third-order valence-corrected chi connectivity index (χ3v) is 8.78. The summed E-state index contributed by atoms with van der Waals surface area (Å²) in [5, 5.41) is 11.6. The molecule has 8 bridgehead atoms.